The summed E-state index contributed by atoms with van der Waals surface area (Å²) < 4.78 is 20.9. The molecule has 2 aromatic rings. The molecule has 3 rings (SSSR count). The Balaban J connectivity index is 1.42. The maximum Gasteiger partial charge on any atom is 0.306 e. The molecule has 1 fully saturated rings. The average molecular weight is 661 g/mol. The number of esters is 1. The molecule has 9 nitrogen and oxygen atoms in total. The summed E-state index contributed by atoms with van der Waals surface area (Å²) in [5.74, 6) is -0.384. The van der Waals surface area contributed by atoms with Crippen molar-refractivity contribution in [3.8, 4) is 5.88 Å². The number of carbonyl (C=O) groups is 1. The first-order valence-electron chi connectivity index (χ1n) is 18.4. The smallest absolute Gasteiger partial charge is 0.306 e. The van der Waals surface area contributed by atoms with Gasteiger partial charge in [-0.15, -0.1) is 0 Å². The quantitative estimate of drug-likeness (QED) is 0.0673. The van der Waals surface area contributed by atoms with Gasteiger partial charge in [0.2, 0.25) is 5.88 Å². The normalized spacial score (nSPS) is 18.9. The van der Waals surface area contributed by atoms with Gasteiger partial charge in [0.25, 0.3) is 0 Å². The van der Waals surface area contributed by atoms with Crippen LogP contribution in [0.5, 0.6) is 5.88 Å². The third-order valence-corrected chi connectivity index (χ3v) is 14.6. The summed E-state index contributed by atoms with van der Waals surface area (Å²) in [6.45, 7) is 14.1. The topological polar surface area (TPSA) is 109 Å². The Labute approximate surface area is 279 Å². The first kappa shape index (κ1) is 38.4. The van der Waals surface area contributed by atoms with E-state index in [1.165, 1.54) is 83.4 Å². The zero-order valence-corrected chi connectivity index (χ0v) is 30.9. The number of rotatable bonds is 24. The average Bonchev–Trinajstić information content (AvgIpc) is 3.62. The summed E-state index contributed by atoms with van der Waals surface area (Å²) in [6.07, 6.45) is 24.1. The van der Waals surface area contributed by atoms with Crippen LogP contribution in [0.4, 0.5) is 0 Å². The van der Waals surface area contributed by atoms with Gasteiger partial charge in [-0.2, -0.15) is 4.98 Å². The first-order valence-corrected chi connectivity index (χ1v) is 21.4. The molecule has 2 aromatic heterocycles. The van der Waals surface area contributed by atoms with Crippen molar-refractivity contribution < 1.29 is 23.8 Å². The van der Waals surface area contributed by atoms with Crippen molar-refractivity contribution >= 4 is 25.5 Å². The van der Waals surface area contributed by atoms with Crippen molar-refractivity contribution in [1.82, 2.24) is 19.5 Å². The van der Waals surface area contributed by atoms with E-state index in [9.17, 15) is 9.90 Å². The van der Waals surface area contributed by atoms with E-state index in [1.807, 2.05) is 0 Å². The summed E-state index contributed by atoms with van der Waals surface area (Å²) in [7, 11) is -2.02. The second-order valence-electron chi connectivity index (χ2n) is 14.6. The third-order valence-electron chi connectivity index (χ3n) is 10.2. The van der Waals surface area contributed by atoms with Crippen LogP contribution in [-0.4, -0.2) is 57.7 Å². The summed E-state index contributed by atoms with van der Waals surface area (Å²) in [6, 6.07) is 0. The molecule has 0 saturated carbocycles. The van der Waals surface area contributed by atoms with E-state index in [0.29, 0.717) is 30.6 Å². The molecule has 0 aromatic carbocycles. The zero-order valence-electron chi connectivity index (χ0n) is 29.9. The molecule has 1 aliphatic heterocycles. The molecular formula is C36H64N4O5Si. The van der Waals surface area contributed by atoms with Gasteiger partial charge in [0.1, 0.15) is 12.4 Å². The van der Waals surface area contributed by atoms with Gasteiger partial charge < -0.3 is 19.0 Å². The van der Waals surface area contributed by atoms with Crippen molar-refractivity contribution in [2.24, 2.45) is 0 Å². The van der Waals surface area contributed by atoms with E-state index >= 15 is 0 Å². The Morgan fingerprint density at radius 2 is 1.50 bits per heavy atom. The number of fused-ring (bicyclic) bond motifs is 1. The van der Waals surface area contributed by atoms with Crippen LogP contribution in [0.25, 0.3) is 11.2 Å². The Hall–Kier alpha value is -2.04. The Kier molecular flexibility index (Phi) is 16.4. The summed E-state index contributed by atoms with van der Waals surface area (Å²) >= 11 is 0. The van der Waals surface area contributed by atoms with Crippen LogP contribution in [0.15, 0.2) is 12.7 Å². The molecule has 46 heavy (non-hydrogen) atoms. The lowest BCUT2D eigenvalue weighted by Crippen LogP contribution is -2.44. The Morgan fingerprint density at radius 3 is 2.09 bits per heavy atom. The molecule has 262 valence electrons. The molecule has 1 saturated heterocycles. The van der Waals surface area contributed by atoms with Crippen LogP contribution >= 0.6 is 0 Å². The second kappa shape index (κ2) is 19.7. The molecule has 0 bridgehead atoms. The maximum atomic E-state index is 13.0. The lowest BCUT2D eigenvalue weighted by atomic mass is 10.0. The van der Waals surface area contributed by atoms with Crippen LogP contribution < -0.4 is 0 Å². The van der Waals surface area contributed by atoms with Gasteiger partial charge in [0.05, 0.1) is 19.0 Å². The fourth-order valence-electron chi connectivity index (χ4n) is 6.49. The van der Waals surface area contributed by atoms with E-state index in [4.69, 9.17) is 13.9 Å². The Morgan fingerprint density at radius 1 is 0.913 bits per heavy atom. The van der Waals surface area contributed by atoms with Gasteiger partial charge in [0, 0.05) is 12.8 Å². The molecular weight excluding hydrogens is 597 g/mol. The molecule has 0 radical (unpaired) electrons. The van der Waals surface area contributed by atoms with E-state index in [0.717, 1.165) is 32.1 Å². The zero-order chi connectivity index (χ0) is 33.4. The molecule has 0 amide bonds. The Bertz CT molecular complexity index is 1160. The molecule has 3 heterocycles. The number of imidazole rings is 1. The minimum atomic E-state index is -2.02. The highest BCUT2D eigenvalue weighted by molar-refractivity contribution is 6.74. The van der Waals surface area contributed by atoms with Gasteiger partial charge in [-0.25, -0.2) is 9.97 Å². The number of aromatic nitrogens is 4. The van der Waals surface area contributed by atoms with E-state index in [-0.39, 0.29) is 23.0 Å². The number of hydrogen-bond acceptors (Lipinski definition) is 8. The minimum Gasteiger partial charge on any atom is -0.492 e. The van der Waals surface area contributed by atoms with Crippen molar-refractivity contribution in [3.05, 3.63) is 12.7 Å². The van der Waals surface area contributed by atoms with Gasteiger partial charge in [-0.1, -0.05) is 124 Å². The highest BCUT2D eigenvalue weighted by Gasteiger charge is 2.44. The number of hydrogen-bond donors (Lipinski definition) is 1. The summed E-state index contributed by atoms with van der Waals surface area (Å²) in [4.78, 5) is 25.5. The van der Waals surface area contributed by atoms with Gasteiger partial charge in [-0.05, 0) is 31.0 Å². The predicted octanol–water partition coefficient (Wildman–Crippen LogP) is 9.79. The first-order chi connectivity index (χ1) is 22.1. The van der Waals surface area contributed by atoms with E-state index < -0.39 is 20.6 Å². The number of nitrogens with zero attached hydrogens (tertiary/aromatic N) is 4. The van der Waals surface area contributed by atoms with Gasteiger partial charge in [-0.3, -0.25) is 9.36 Å². The van der Waals surface area contributed by atoms with Crippen molar-refractivity contribution in [3.63, 3.8) is 0 Å². The number of aromatic hydroxyl groups is 1. The fraction of sp³-hybridized carbons (Fsp3) is 0.833. The molecule has 0 unspecified atom stereocenters. The van der Waals surface area contributed by atoms with Crippen molar-refractivity contribution in [2.45, 2.75) is 186 Å². The van der Waals surface area contributed by atoms with Crippen LogP contribution in [0.1, 0.15) is 156 Å². The number of ether oxygens (including phenoxy) is 2. The molecule has 1 N–H and O–H groups in total. The monoisotopic (exact) mass is 660 g/mol. The second-order valence-corrected chi connectivity index (χ2v) is 19.3. The van der Waals surface area contributed by atoms with Crippen LogP contribution in [0.3, 0.4) is 0 Å². The van der Waals surface area contributed by atoms with Crippen molar-refractivity contribution in [2.75, 3.05) is 6.61 Å². The fourth-order valence-corrected chi connectivity index (χ4v) is 8.34. The maximum absolute atomic E-state index is 13.0. The van der Waals surface area contributed by atoms with Gasteiger partial charge >= 0.3 is 5.97 Å². The van der Waals surface area contributed by atoms with Crippen molar-refractivity contribution in [1.29, 1.82) is 0 Å². The number of carbonyl (C=O) groups excluding carboxylic acids is 1. The van der Waals surface area contributed by atoms with Crippen LogP contribution in [-0.2, 0) is 18.7 Å². The summed E-state index contributed by atoms with van der Waals surface area (Å²) in [5.41, 5.74) is 0.741. The minimum absolute atomic E-state index is 0.133. The predicted molar refractivity (Wildman–Crippen MR) is 187 cm³/mol. The molecule has 10 heteroatoms. The van der Waals surface area contributed by atoms with Crippen LogP contribution in [0, 0.1) is 0 Å². The third kappa shape index (κ3) is 11.9. The highest BCUT2D eigenvalue weighted by Crippen LogP contribution is 2.43. The molecule has 0 aliphatic carbocycles. The molecule has 0 spiro atoms. The molecule has 1 aliphatic rings. The number of unbranched alkanes of at least 4 members (excludes halogenated alkanes) is 14. The van der Waals surface area contributed by atoms with E-state index in [1.54, 1.807) is 10.9 Å². The SMILES string of the molecule is CCCCCCCCCCCCCCCCCC(=O)O[C@@H]1C[C@@H](CO[Si](C)(C)C(C)(C)CCC)O[C@H]1n1cnc2c(O)ncnc21. The largest absolute Gasteiger partial charge is 0.492 e. The standard InChI is InChI=1S/C36H64N4O5Si/c1-7-9-10-11-12-13-14-15-16-17-18-19-20-21-22-23-31(41)45-30-25-29(26-43-46(5,6)36(3,4)24-8-2)44-35(30)40-28-39-32-33(40)37-27-38-34(32)42/h27-30,35H,7-26H2,1-6H3,(H,37,38,42)/t29-,30+,35+/m0/s1. The van der Waals surface area contributed by atoms with Gasteiger partial charge in [0.15, 0.2) is 25.7 Å². The summed E-state index contributed by atoms with van der Waals surface area (Å²) in [5, 5.41) is 10.3. The highest BCUT2D eigenvalue weighted by atomic mass is 28.4. The lowest BCUT2D eigenvalue weighted by Gasteiger charge is -2.39. The van der Waals surface area contributed by atoms with E-state index in [2.05, 4.69) is 55.7 Å². The molecule has 3 atom stereocenters. The lowest BCUT2D eigenvalue weighted by molar-refractivity contribution is -0.155. The van der Waals surface area contributed by atoms with Crippen LogP contribution in [0.2, 0.25) is 18.1 Å².